The number of phenolic OH excluding ortho intramolecular Hbond substituents is 1. The Morgan fingerprint density at radius 3 is 2.88 bits per heavy atom. The summed E-state index contributed by atoms with van der Waals surface area (Å²) in [6.07, 6.45) is 3.44. The van der Waals surface area contributed by atoms with E-state index in [0.717, 1.165) is 25.1 Å². The molecule has 0 aliphatic carbocycles. The Kier molecular flexibility index (Phi) is 3.86. The molecule has 1 fully saturated rings. The zero-order valence-corrected chi connectivity index (χ0v) is 9.97. The Bertz CT molecular complexity index is 382. The van der Waals surface area contributed by atoms with Crippen molar-refractivity contribution in [3.05, 3.63) is 23.8 Å². The Labute approximate surface area is 102 Å². The summed E-state index contributed by atoms with van der Waals surface area (Å²) in [5, 5.41) is 18.7. The molecule has 17 heavy (non-hydrogen) atoms. The van der Waals surface area contributed by atoms with Crippen LogP contribution in [0.5, 0.6) is 5.75 Å². The monoisotopic (exact) mass is 236 g/mol. The lowest BCUT2D eigenvalue weighted by Gasteiger charge is -2.34. The van der Waals surface area contributed by atoms with Gasteiger partial charge in [0.05, 0.1) is 12.3 Å². The van der Waals surface area contributed by atoms with Crippen LogP contribution < -0.4 is 5.73 Å². The molecular formula is C13H20N2O2. The van der Waals surface area contributed by atoms with Gasteiger partial charge in [0.1, 0.15) is 5.75 Å². The van der Waals surface area contributed by atoms with Crippen LogP contribution in [0.3, 0.4) is 0 Å². The topological polar surface area (TPSA) is 69.7 Å². The number of aromatic hydroxyl groups is 1. The number of hydrogen-bond donors (Lipinski definition) is 3. The molecule has 1 aliphatic rings. The molecule has 0 spiro atoms. The first-order valence-electron chi connectivity index (χ1n) is 6.13. The summed E-state index contributed by atoms with van der Waals surface area (Å²) < 4.78 is 0. The second-order valence-corrected chi connectivity index (χ2v) is 4.70. The van der Waals surface area contributed by atoms with Gasteiger partial charge in [-0.2, -0.15) is 0 Å². The van der Waals surface area contributed by atoms with E-state index < -0.39 is 0 Å². The van der Waals surface area contributed by atoms with Gasteiger partial charge in [0, 0.05) is 12.6 Å². The summed E-state index contributed by atoms with van der Waals surface area (Å²) in [5.74, 6) is 0.131. The number of anilines is 1. The zero-order valence-electron chi connectivity index (χ0n) is 9.97. The van der Waals surface area contributed by atoms with Crippen LogP contribution >= 0.6 is 0 Å². The number of nitrogens with two attached hydrogens (primary N) is 1. The molecule has 0 bridgehead atoms. The SMILES string of the molecule is Nc1cc(CN2CCCCC2CO)ccc1O. The van der Waals surface area contributed by atoms with Crippen molar-refractivity contribution in [1.82, 2.24) is 4.90 Å². The normalized spacial score (nSPS) is 21.6. The van der Waals surface area contributed by atoms with Crippen molar-refractivity contribution in [2.45, 2.75) is 31.8 Å². The van der Waals surface area contributed by atoms with Crippen LogP contribution in [0.15, 0.2) is 18.2 Å². The van der Waals surface area contributed by atoms with Crippen LogP contribution in [0.1, 0.15) is 24.8 Å². The van der Waals surface area contributed by atoms with Crippen LogP contribution in [0.4, 0.5) is 5.69 Å². The van der Waals surface area contributed by atoms with E-state index >= 15 is 0 Å². The minimum Gasteiger partial charge on any atom is -0.506 e. The lowest BCUT2D eigenvalue weighted by atomic mass is 10.0. The molecule has 94 valence electrons. The second-order valence-electron chi connectivity index (χ2n) is 4.70. The number of likely N-dealkylation sites (tertiary alicyclic amines) is 1. The molecule has 2 rings (SSSR count). The van der Waals surface area contributed by atoms with E-state index in [0.29, 0.717) is 5.69 Å². The second kappa shape index (κ2) is 5.38. The molecule has 4 heteroatoms. The van der Waals surface area contributed by atoms with Gasteiger partial charge in [-0.05, 0) is 37.1 Å². The van der Waals surface area contributed by atoms with Gasteiger partial charge in [-0.25, -0.2) is 0 Å². The highest BCUT2D eigenvalue weighted by molar-refractivity contribution is 5.53. The van der Waals surface area contributed by atoms with E-state index in [2.05, 4.69) is 4.90 Å². The average Bonchev–Trinajstić information content (AvgIpc) is 2.34. The fraction of sp³-hybridized carbons (Fsp3) is 0.538. The van der Waals surface area contributed by atoms with E-state index in [1.54, 1.807) is 12.1 Å². The van der Waals surface area contributed by atoms with Crippen LogP contribution in [-0.2, 0) is 6.54 Å². The van der Waals surface area contributed by atoms with Crippen molar-refractivity contribution < 1.29 is 10.2 Å². The third-order valence-corrected chi connectivity index (χ3v) is 3.44. The smallest absolute Gasteiger partial charge is 0.138 e. The standard InChI is InChI=1S/C13H20N2O2/c14-12-7-10(4-5-13(12)17)8-15-6-2-1-3-11(15)9-16/h4-5,7,11,16-17H,1-3,6,8-9,14H2. The molecular weight excluding hydrogens is 216 g/mol. The lowest BCUT2D eigenvalue weighted by Crippen LogP contribution is -2.41. The third kappa shape index (κ3) is 2.90. The van der Waals surface area contributed by atoms with Crippen molar-refractivity contribution in [1.29, 1.82) is 0 Å². The maximum absolute atomic E-state index is 9.37. The minimum atomic E-state index is 0.131. The zero-order chi connectivity index (χ0) is 12.3. The number of benzene rings is 1. The summed E-state index contributed by atoms with van der Waals surface area (Å²) in [4.78, 5) is 2.29. The fourth-order valence-electron chi connectivity index (χ4n) is 2.41. The minimum absolute atomic E-state index is 0.131. The number of rotatable bonds is 3. The first-order valence-corrected chi connectivity index (χ1v) is 6.13. The number of nitrogen functional groups attached to an aromatic ring is 1. The number of aliphatic hydroxyl groups is 1. The summed E-state index contributed by atoms with van der Waals surface area (Å²) in [6, 6.07) is 5.58. The molecule has 1 aromatic rings. The van der Waals surface area contributed by atoms with E-state index in [-0.39, 0.29) is 18.4 Å². The molecule has 0 aromatic heterocycles. The number of piperidine rings is 1. The number of nitrogens with zero attached hydrogens (tertiary/aromatic N) is 1. The summed E-state index contributed by atoms with van der Waals surface area (Å²) in [6.45, 7) is 2.02. The molecule has 1 heterocycles. The van der Waals surface area contributed by atoms with Gasteiger partial charge >= 0.3 is 0 Å². The van der Waals surface area contributed by atoms with E-state index in [4.69, 9.17) is 5.73 Å². The van der Waals surface area contributed by atoms with E-state index in [9.17, 15) is 10.2 Å². The Morgan fingerprint density at radius 2 is 2.18 bits per heavy atom. The van der Waals surface area contributed by atoms with Crippen molar-refractivity contribution in [3.63, 3.8) is 0 Å². The number of phenols is 1. The fourth-order valence-corrected chi connectivity index (χ4v) is 2.41. The summed E-state index contributed by atoms with van der Waals surface area (Å²) in [7, 11) is 0. The molecule has 1 aromatic carbocycles. The summed E-state index contributed by atoms with van der Waals surface area (Å²) >= 11 is 0. The summed E-state index contributed by atoms with van der Waals surface area (Å²) in [5.41, 5.74) is 7.18. The Hall–Kier alpha value is -1.26. The lowest BCUT2D eigenvalue weighted by molar-refractivity contribution is 0.0841. The van der Waals surface area contributed by atoms with E-state index in [1.807, 2.05) is 6.07 Å². The maximum Gasteiger partial charge on any atom is 0.138 e. The number of hydrogen-bond acceptors (Lipinski definition) is 4. The van der Waals surface area contributed by atoms with Crippen LogP contribution in [0, 0.1) is 0 Å². The molecule has 4 N–H and O–H groups in total. The van der Waals surface area contributed by atoms with Gasteiger partial charge in [-0.3, -0.25) is 4.90 Å². The van der Waals surface area contributed by atoms with Crippen molar-refractivity contribution in [2.75, 3.05) is 18.9 Å². The van der Waals surface area contributed by atoms with Crippen LogP contribution in [0.2, 0.25) is 0 Å². The first kappa shape index (κ1) is 12.2. The van der Waals surface area contributed by atoms with Gasteiger partial charge in [0.2, 0.25) is 0 Å². The Balaban J connectivity index is 2.05. The van der Waals surface area contributed by atoms with Gasteiger partial charge in [0.15, 0.2) is 0 Å². The van der Waals surface area contributed by atoms with Gasteiger partial charge in [0.25, 0.3) is 0 Å². The van der Waals surface area contributed by atoms with Crippen LogP contribution in [0.25, 0.3) is 0 Å². The van der Waals surface area contributed by atoms with Crippen LogP contribution in [-0.4, -0.2) is 34.3 Å². The maximum atomic E-state index is 9.37. The predicted molar refractivity (Wildman–Crippen MR) is 67.7 cm³/mol. The van der Waals surface area contributed by atoms with Gasteiger partial charge < -0.3 is 15.9 Å². The molecule has 0 saturated carbocycles. The third-order valence-electron chi connectivity index (χ3n) is 3.44. The highest BCUT2D eigenvalue weighted by Crippen LogP contribution is 2.24. The number of aliphatic hydroxyl groups excluding tert-OH is 1. The molecule has 1 unspecified atom stereocenters. The Morgan fingerprint density at radius 1 is 1.35 bits per heavy atom. The predicted octanol–water partition coefficient (Wildman–Crippen LogP) is 1.32. The molecule has 0 amide bonds. The van der Waals surface area contributed by atoms with Crippen molar-refractivity contribution in [3.8, 4) is 5.75 Å². The van der Waals surface area contributed by atoms with Gasteiger partial charge in [-0.1, -0.05) is 12.5 Å². The molecule has 4 nitrogen and oxygen atoms in total. The first-order chi connectivity index (χ1) is 8.20. The molecule has 1 aliphatic heterocycles. The quantitative estimate of drug-likeness (QED) is 0.547. The molecule has 1 saturated heterocycles. The average molecular weight is 236 g/mol. The highest BCUT2D eigenvalue weighted by Gasteiger charge is 2.21. The molecule has 0 radical (unpaired) electrons. The van der Waals surface area contributed by atoms with Crippen molar-refractivity contribution >= 4 is 5.69 Å². The highest BCUT2D eigenvalue weighted by atomic mass is 16.3. The van der Waals surface area contributed by atoms with Gasteiger partial charge in [-0.15, -0.1) is 0 Å². The van der Waals surface area contributed by atoms with E-state index in [1.165, 1.54) is 12.8 Å². The van der Waals surface area contributed by atoms with Crippen molar-refractivity contribution in [2.24, 2.45) is 0 Å². The largest absolute Gasteiger partial charge is 0.506 e. The molecule has 1 atom stereocenters.